The summed E-state index contributed by atoms with van der Waals surface area (Å²) < 4.78 is 5.82. The van der Waals surface area contributed by atoms with Crippen molar-refractivity contribution in [1.82, 2.24) is 4.98 Å². The molecular weight excluding hydrogens is 340 g/mol. The van der Waals surface area contributed by atoms with Gasteiger partial charge in [0, 0.05) is 24.7 Å². The predicted octanol–water partition coefficient (Wildman–Crippen LogP) is 3.75. The van der Waals surface area contributed by atoms with Gasteiger partial charge in [0.1, 0.15) is 5.52 Å². The molecule has 0 aliphatic carbocycles. The third-order valence-electron chi connectivity index (χ3n) is 4.92. The third kappa shape index (κ3) is 3.77. The van der Waals surface area contributed by atoms with Crippen LogP contribution in [0.4, 0.5) is 11.7 Å². The number of carbonyl (C=O) groups is 1. The van der Waals surface area contributed by atoms with Crippen LogP contribution in [0.15, 0.2) is 52.9 Å². The minimum Gasteiger partial charge on any atom is -0.423 e. The van der Waals surface area contributed by atoms with Gasteiger partial charge in [0.05, 0.1) is 12.5 Å². The maximum absolute atomic E-state index is 12.5. The lowest BCUT2D eigenvalue weighted by molar-refractivity contribution is -0.120. The molecule has 27 heavy (non-hydrogen) atoms. The number of nitriles is 1. The van der Waals surface area contributed by atoms with E-state index in [2.05, 4.69) is 21.3 Å². The summed E-state index contributed by atoms with van der Waals surface area (Å²) >= 11 is 0. The van der Waals surface area contributed by atoms with Crippen molar-refractivity contribution < 1.29 is 9.21 Å². The van der Waals surface area contributed by atoms with Crippen LogP contribution in [0.3, 0.4) is 0 Å². The highest BCUT2D eigenvalue weighted by molar-refractivity contribution is 5.92. The number of hydrogen-bond acceptors (Lipinski definition) is 5. The molecule has 2 heterocycles. The molecule has 1 aliphatic rings. The van der Waals surface area contributed by atoms with Crippen LogP contribution in [-0.2, 0) is 11.2 Å². The van der Waals surface area contributed by atoms with E-state index in [0.29, 0.717) is 12.4 Å². The van der Waals surface area contributed by atoms with E-state index in [1.54, 1.807) is 0 Å². The van der Waals surface area contributed by atoms with Crippen molar-refractivity contribution in [3.05, 3.63) is 54.1 Å². The number of oxazole rings is 1. The van der Waals surface area contributed by atoms with Gasteiger partial charge in [-0.1, -0.05) is 24.3 Å². The van der Waals surface area contributed by atoms with Crippen LogP contribution < -0.4 is 10.2 Å². The van der Waals surface area contributed by atoms with Crippen molar-refractivity contribution in [1.29, 1.82) is 5.26 Å². The van der Waals surface area contributed by atoms with Gasteiger partial charge in [0.2, 0.25) is 5.91 Å². The molecule has 4 rings (SSSR count). The molecular formula is C21H20N4O2. The number of nitrogens with one attached hydrogen (secondary N) is 1. The summed E-state index contributed by atoms with van der Waals surface area (Å²) in [6.07, 6.45) is 1.90. The second kappa shape index (κ2) is 7.50. The molecule has 136 valence electrons. The second-order valence-corrected chi connectivity index (χ2v) is 6.75. The maximum atomic E-state index is 12.5. The van der Waals surface area contributed by atoms with Crippen LogP contribution in [0.2, 0.25) is 0 Å². The van der Waals surface area contributed by atoms with Gasteiger partial charge in [-0.3, -0.25) is 4.79 Å². The van der Waals surface area contributed by atoms with E-state index in [9.17, 15) is 4.79 Å². The van der Waals surface area contributed by atoms with E-state index in [1.807, 2.05) is 48.5 Å². The molecule has 0 bridgehead atoms. The second-order valence-electron chi connectivity index (χ2n) is 6.75. The first-order valence-corrected chi connectivity index (χ1v) is 9.10. The first-order valence-electron chi connectivity index (χ1n) is 9.10. The minimum absolute atomic E-state index is 0.0237. The monoisotopic (exact) mass is 360 g/mol. The van der Waals surface area contributed by atoms with Gasteiger partial charge in [0.25, 0.3) is 6.01 Å². The predicted molar refractivity (Wildman–Crippen MR) is 103 cm³/mol. The summed E-state index contributed by atoms with van der Waals surface area (Å²) in [5, 5.41) is 11.7. The van der Waals surface area contributed by atoms with Crippen LogP contribution in [0.1, 0.15) is 18.4 Å². The Labute approximate surface area is 157 Å². The number of benzene rings is 2. The number of anilines is 2. The van der Waals surface area contributed by atoms with E-state index < -0.39 is 0 Å². The molecule has 6 heteroatoms. The van der Waals surface area contributed by atoms with Gasteiger partial charge in [-0.25, -0.2) is 0 Å². The van der Waals surface area contributed by atoms with E-state index in [0.717, 1.165) is 48.3 Å². The quantitative estimate of drug-likeness (QED) is 0.766. The first-order chi connectivity index (χ1) is 13.2. The Bertz CT molecular complexity index is 946. The number of fused-ring (bicyclic) bond motifs is 1. The number of piperidine rings is 1. The SMILES string of the molecule is N#CCc1ccc(NC(=O)C2CCN(c3nc4ccccc4o3)CC2)cc1. The van der Waals surface area contributed by atoms with Crippen molar-refractivity contribution in [2.24, 2.45) is 5.92 Å². The van der Waals surface area contributed by atoms with Crippen LogP contribution >= 0.6 is 0 Å². The molecule has 1 N–H and O–H groups in total. The van der Waals surface area contributed by atoms with Crippen LogP contribution in [-0.4, -0.2) is 24.0 Å². The molecule has 0 atom stereocenters. The summed E-state index contributed by atoms with van der Waals surface area (Å²) in [5.41, 5.74) is 3.35. The average Bonchev–Trinajstić information content (AvgIpc) is 3.14. The molecule has 1 saturated heterocycles. The fraction of sp³-hybridized carbons (Fsp3) is 0.286. The van der Waals surface area contributed by atoms with Crippen molar-refractivity contribution in [2.75, 3.05) is 23.3 Å². The fourth-order valence-electron chi connectivity index (χ4n) is 3.37. The van der Waals surface area contributed by atoms with E-state index >= 15 is 0 Å². The maximum Gasteiger partial charge on any atom is 0.298 e. The van der Waals surface area contributed by atoms with Gasteiger partial charge in [-0.2, -0.15) is 10.2 Å². The molecule has 0 saturated carbocycles. The summed E-state index contributed by atoms with van der Waals surface area (Å²) in [5.74, 6) is 0.0182. The summed E-state index contributed by atoms with van der Waals surface area (Å²) in [4.78, 5) is 19.2. The standard InChI is InChI=1S/C21H20N4O2/c22-12-9-15-5-7-17(8-6-15)23-20(26)16-10-13-25(14-11-16)21-24-18-3-1-2-4-19(18)27-21/h1-8,16H,9-11,13-14H2,(H,23,26). The minimum atomic E-state index is -0.0237. The molecule has 0 radical (unpaired) electrons. The largest absolute Gasteiger partial charge is 0.423 e. The van der Waals surface area contributed by atoms with Gasteiger partial charge < -0.3 is 14.6 Å². The lowest BCUT2D eigenvalue weighted by atomic mass is 9.96. The van der Waals surface area contributed by atoms with Crippen molar-refractivity contribution in [3.8, 4) is 6.07 Å². The molecule has 1 aliphatic heterocycles. The highest BCUT2D eigenvalue weighted by Gasteiger charge is 2.27. The average molecular weight is 360 g/mol. The number of hydrogen-bond donors (Lipinski definition) is 1. The van der Waals surface area contributed by atoms with Crippen LogP contribution in [0, 0.1) is 17.2 Å². The fourth-order valence-corrected chi connectivity index (χ4v) is 3.37. The molecule has 3 aromatic rings. The Morgan fingerprint density at radius 2 is 1.93 bits per heavy atom. The highest BCUT2D eigenvalue weighted by atomic mass is 16.4. The lowest BCUT2D eigenvalue weighted by Crippen LogP contribution is -2.38. The third-order valence-corrected chi connectivity index (χ3v) is 4.92. The van der Waals surface area contributed by atoms with Gasteiger partial charge in [-0.05, 0) is 42.7 Å². The number of para-hydroxylation sites is 2. The molecule has 1 amide bonds. The zero-order valence-electron chi connectivity index (χ0n) is 14.9. The van der Waals surface area contributed by atoms with Crippen LogP contribution in [0.5, 0.6) is 0 Å². The molecule has 0 spiro atoms. The topological polar surface area (TPSA) is 82.2 Å². The highest BCUT2D eigenvalue weighted by Crippen LogP contribution is 2.27. The van der Waals surface area contributed by atoms with Gasteiger partial charge in [-0.15, -0.1) is 0 Å². The van der Waals surface area contributed by atoms with E-state index in [4.69, 9.17) is 9.68 Å². The van der Waals surface area contributed by atoms with Crippen molar-refractivity contribution >= 4 is 28.7 Å². The first kappa shape index (κ1) is 17.1. The smallest absolute Gasteiger partial charge is 0.298 e. The number of carbonyl (C=O) groups excluding carboxylic acids is 1. The zero-order chi connectivity index (χ0) is 18.6. The number of rotatable bonds is 4. The number of amides is 1. The Morgan fingerprint density at radius 1 is 1.19 bits per heavy atom. The summed E-state index contributed by atoms with van der Waals surface area (Å²) in [6, 6.07) is 17.9. The van der Waals surface area contributed by atoms with E-state index in [-0.39, 0.29) is 11.8 Å². The summed E-state index contributed by atoms with van der Waals surface area (Å²) in [7, 11) is 0. The molecule has 6 nitrogen and oxygen atoms in total. The Hall–Kier alpha value is -3.33. The van der Waals surface area contributed by atoms with Crippen LogP contribution in [0.25, 0.3) is 11.1 Å². The molecule has 1 fully saturated rings. The number of nitrogens with zero attached hydrogens (tertiary/aromatic N) is 3. The molecule has 2 aromatic carbocycles. The van der Waals surface area contributed by atoms with Crippen molar-refractivity contribution in [3.63, 3.8) is 0 Å². The molecule has 1 aromatic heterocycles. The molecule has 0 unspecified atom stereocenters. The van der Waals surface area contributed by atoms with E-state index in [1.165, 1.54) is 0 Å². The lowest BCUT2D eigenvalue weighted by Gasteiger charge is -2.30. The number of aromatic nitrogens is 1. The Kier molecular flexibility index (Phi) is 4.75. The van der Waals surface area contributed by atoms with Crippen molar-refractivity contribution in [2.45, 2.75) is 19.3 Å². The zero-order valence-corrected chi connectivity index (χ0v) is 14.9. The Morgan fingerprint density at radius 3 is 2.63 bits per heavy atom. The normalized spacial score (nSPS) is 14.9. The Balaban J connectivity index is 1.34. The summed E-state index contributed by atoms with van der Waals surface area (Å²) in [6.45, 7) is 1.48. The van der Waals surface area contributed by atoms with Gasteiger partial charge >= 0.3 is 0 Å². The van der Waals surface area contributed by atoms with Gasteiger partial charge in [0.15, 0.2) is 5.58 Å².